The van der Waals surface area contributed by atoms with Crippen LogP contribution in [0.4, 0.5) is 11.4 Å². The van der Waals surface area contributed by atoms with E-state index in [0.29, 0.717) is 13.2 Å². The lowest BCUT2D eigenvalue weighted by Crippen LogP contribution is -2.13. The smallest absolute Gasteiger partial charge is 0.271 e. The van der Waals surface area contributed by atoms with E-state index >= 15 is 0 Å². The summed E-state index contributed by atoms with van der Waals surface area (Å²) in [6, 6.07) is 6.43. The van der Waals surface area contributed by atoms with E-state index < -0.39 is 4.92 Å². The average molecular weight is 224 g/mol. The van der Waals surface area contributed by atoms with Crippen molar-refractivity contribution in [3.63, 3.8) is 0 Å². The highest BCUT2D eigenvalue weighted by molar-refractivity contribution is 5.50. The van der Waals surface area contributed by atoms with E-state index in [2.05, 4.69) is 5.32 Å². The minimum atomic E-state index is -0.407. The number of hydrogen-bond donors (Lipinski definition) is 1. The van der Waals surface area contributed by atoms with E-state index in [-0.39, 0.29) is 11.8 Å². The van der Waals surface area contributed by atoms with Gasteiger partial charge in [-0.1, -0.05) is 6.07 Å². The number of benzene rings is 1. The summed E-state index contributed by atoms with van der Waals surface area (Å²) in [6.45, 7) is 5.15. The van der Waals surface area contributed by atoms with Crippen LogP contribution < -0.4 is 5.32 Å². The standard InChI is InChI=1S/C11H16N2O3/c1-9(2)16-7-6-12-10-4-3-5-11(8-10)13(14)15/h3-5,8-9,12H,6-7H2,1-2H3. The lowest BCUT2D eigenvalue weighted by atomic mass is 10.3. The molecule has 5 nitrogen and oxygen atoms in total. The first-order chi connectivity index (χ1) is 7.59. The van der Waals surface area contributed by atoms with Crippen molar-refractivity contribution in [3.8, 4) is 0 Å². The summed E-state index contributed by atoms with van der Waals surface area (Å²) >= 11 is 0. The van der Waals surface area contributed by atoms with Gasteiger partial charge in [0.05, 0.1) is 17.6 Å². The first-order valence-electron chi connectivity index (χ1n) is 5.19. The third-order valence-corrected chi connectivity index (χ3v) is 1.94. The van der Waals surface area contributed by atoms with Crippen molar-refractivity contribution in [2.75, 3.05) is 18.5 Å². The molecule has 1 aromatic carbocycles. The van der Waals surface area contributed by atoms with Crippen molar-refractivity contribution in [2.24, 2.45) is 0 Å². The van der Waals surface area contributed by atoms with Crippen LogP contribution in [0.3, 0.4) is 0 Å². The highest BCUT2D eigenvalue weighted by atomic mass is 16.6. The lowest BCUT2D eigenvalue weighted by Gasteiger charge is -2.09. The van der Waals surface area contributed by atoms with Gasteiger partial charge in [-0.15, -0.1) is 0 Å². The molecule has 0 fully saturated rings. The molecule has 0 heterocycles. The number of nitro benzene ring substituents is 1. The second-order valence-corrected chi connectivity index (χ2v) is 3.65. The highest BCUT2D eigenvalue weighted by Crippen LogP contribution is 2.16. The number of nitrogens with one attached hydrogen (secondary N) is 1. The molecule has 0 aliphatic heterocycles. The Morgan fingerprint density at radius 1 is 1.50 bits per heavy atom. The average Bonchev–Trinajstić information content (AvgIpc) is 2.24. The topological polar surface area (TPSA) is 64.4 Å². The van der Waals surface area contributed by atoms with Crippen LogP contribution in [0.25, 0.3) is 0 Å². The fourth-order valence-electron chi connectivity index (χ4n) is 1.22. The van der Waals surface area contributed by atoms with Crippen LogP contribution in [0, 0.1) is 10.1 Å². The van der Waals surface area contributed by atoms with E-state index in [1.165, 1.54) is 12.1 Å². The molecule has 0 aliphatic rings. The number of non-ortho nitro benzene ring substituents is 1. The molecule has 1 aromatic rings. The first-order valence-corrected chi connectivity index (χ1v) is 5.19. The van der Waals surface area contributed by atoms with Gasteiger partial charge in [0.15, 0.2) is 0 Å². The summed E-state index contributed by atoms with van der Waals surface area (Å²) in [5.41, 5.74) is 0.830. The molecule has 88 valence electrons. The molecular weight excluding hydrogens is 208 g/mol. The van der Waals surface area contributed by atoms with E-state index in [1.54, 1.807) is 12.1 Å². The number of anilines is 1. The molecule has 0 aliphatic carbocycles. The summed E-state index contributed by atoms with van der Waals surface area (Å²) in [7, 11) is 0. The minimum absolute atomic E-state index is 0.0924. The van der Waals surface area contributed by atoms with Crippen molar-refractivity contribution in [1.29, 1.82) is 0 Å². The molecular formula is C11H16N2O3. The number of nitrogens with zero attached hydrogens (tertiary/aromatic N) is 1. The number of ether oxygens (including phenoxy) is 1. The van der Waals surface area contributed by atoms with Crippen LogP contribution in [0.2, 0.25) is 0 Å². The first kappa shape index (κ1) is 12.4. The molecule has 1 N–H and O–H groups in total. The molecule has 0 atom stereocenters. The molecule has 0 amide bonds. The molecule has 0 saturated carbocycles. The Labute approximate surface area is 94.6 Å². The second kappa shape index (κ2) is 6.07. The van der Waals surface area contributed by atoms with Crippen LogP contribution in [-0.4, -0.2) is 24.2 Å². The zero-order chi connectivity index (χ0) is 12.0. The molecule has 0 radical (unpaired) electrons. The van der Waals surface area contributed by atoms with Crippen molar-refractivity contribution < 1.29 is 9.66 Å². The number of nitro groups is 1. The molecule has 0 unspecified atom stereocenters. The Kier molecular flexibility index (Phi) is 4.72. The van der Waals surface area contributed by atoms with Crippen molar-refractivity contribution in [2.45, 2.75) is 20.0 Å². The van der Waals surface area contributed by atoms with Crippen LogP contribution >= 0.6 is 0 Å². The summed E-state index contributed by atoms with van der Waals surface area (Å²) in [4.78, 5) is 10.1. The zero-order valence-electron chi connectivity index (χ0n) is 9.47. The molecule has 16 heavy (non-hydrogen) atoms. The van der Waals surface area contributed by atoms with Crippen LogP contribution in [0.5, 0.6) is 0 Å². The monoisotopic (exact) mass is 224 g/mol. The third kappa shape index (κ3) is 4.27. The maximum Gasteiger partial charge on any atom is 0.271 e. The minimum Gasteiger partial charge on any atom is -0.383 e. The third-order valence-electron chi connectivity index (χ3n) is 1.94. The van der Waals surface area contributed by atoms with Gasteiger partial charge in [-0.05, 0) is 19.9 Å². The summed E-state index contributed by atoms with van der Waals surface area (Å²) in [5, 5.41) is 13.6. The molecule has 0 aromatic heterocycles. The second-order valence-electron chi connectivity index (χ2n) is 3.65. The Balaban J connectivity index is 2.42. The summed E-state index contributed by atoms with van der Waals surface area (Å²) in [5.74, 6) is 0. The van der Waals surface area contributed by atoms with E-state index in [9.17, 15) is 10.1 Å². The SMILES string of the molecule is CC(C)OCCNc1cccc([N+](=O)[O-])c1. The molecule has 1 rings (SSSR count). The fraction of sp³-hybridized carbons (Fsp3) is 0.455. The van der Waals surface area contributed by atoms with Gasteiger partial charge >= 0.3 is 0 Å². The number of rotatable bonds is 6. The number of hydrogen-bond acceptors (Lipinski definition) is 4. The maximum absolute atomic E-state index is 10.5. The predicted octanol–water partition coefficient (Wildman–Crippen LogP) is 2.43. The van der Waals surface area contributed by atoms with Crippen LogP contribution in [-0.2, 0) is 4.74 Å². The normalized spacial score (nSPS) is 10.4. The Morgan fingerprint density at radius 2 is 2.25 bits per heavy atom. The van der Waals surface area contributed by atoms with Gasteiger partial charge in [0.1, 0.15) is 0 Å². The molecule has 0 saturated heterocycles. The van der Waals surface area contributed by atoms with Gasteiger partial charge in [0, 0.05) is 24.4 Å². The molecule has 0 bridgehead atoms. The maximum atomic E-state index is 10.5. The van der Waals surface area contributed by atoms with E-state index in [1.807, 2.05) is 13.8 Å². The summed E-state index contributed by atoms with van der Waals surface area (Å²) in [6.07, 6.45) is 0.201. The Morgan fingerprint density at radius 3 is 2.88 bits per heavy atom. The highest BCUT2D eigenvalue weighted by Gasteiger charge is 2.04. The van der Waals surface area contributed by atoms with Crippen molar-refractivity contribution in [3.05, 3.63) is 34.4 Å². The summed E-state index contributed by atoms with van der Waals surface area (Å²) < 4.78 is 5.34. The predicted molar refractivity (Wildman–Crippen MR) is 62.7 cm³/mol. The Hall–Kier alpha value is -1.62. The van der Waals surface area contributed by atoms with Crippen LogP contribution in [0.15, 0.2) is 24.3 Å². The van der Waals surface area contributed by atoms with E-state index in [4.69, 9.17) is 4.74 Å². The fourth-order valence-corrected chi connectivity index (χ4v) is 1.22. The lowest BCUT2D eigenvalue weighted by molar-refractivity contribution is -0.384. The largest absolute Gasteiger partial charge is 0.383 e. The van der Waals surface area contributed by atoms with Crippen molar-refractivity contribution in [1.82, 2.24) is 0 Å². The molecule has 0 spiro atoms. The van der Waals surface area contributed by atoms with Gasteiger partial charge in [-0.2, -0.15) is 0 Å². The van der Waals surface area contributed by atoms with Gasteiger partial charge < -0.3 is 10.1 Å². The van der Waals surface area contributed by atoms with Gasteiger partial charge in [0.25, 0.3) is 5.69 Å². The Bertz CT molecular complexity index is 353. The van der Waals surface area contributed by atoms with Crippen LogP contribution in [0.1, 0.15) is 13.8 Å². The molecule has 5 heteroatoms. The van der Waals surface area contributed by atoms with E-state index in [0.717, 1.165) is 5.69 Å². The van der Waals surface area contributed by atoms with Crippen molar-refractivity contribution >= 4 is 11.4 Å². The quantitative estimate of drug-likeness (QED) is 0.458. The van der Waals surface area contributed by atoms with Gasteiger partial charge in [-0.3, -0.25) is 10.1 Å². The van der Waals surface area contributed by atoms with Gasteiger partial charge in [-0.25, -0.2) is 0 Å². The van der Waals surface area contributed by atoms with Gasteiger partial charge in [0.2, 0.25) is 0 Å². The zero-order valence-corrected chi connectivity index (χ0v) is 9.47.